The standard InChI is InChI=1S/C23H25ClN2O5S/c1-15-8-16(2)21-10-17(23(27)25-22(21)9-15)12-26(13-19-14-30-6-7-31-19)32(28,29)20-5-3-4-18(24)11-20/h3-5,8-11,19H,6-7,12-14H2,1-2H3,(H,25,27)/t19-/m1/s1. The minimum atomic E-state index is -3.95. The fraction of sp³-hybridized carbons (Fsp3) is 0.348. The molecule has 0 amide bonds. The first-order valence-corrected chi connectivity index (χ1v) is 12.1. The van der Waals surface area contributed by atoms with Crippen molar-refractivity contribution in [3.05, 3.63) is 74.5 Å². The lowest BCUT2D eigenvalue weighted by Gasteiger charge is -2.29. The van der Waals surface area contributed by atoms with E-state index in [-0.39, 0.29) is 30.2 Å². The van der Waals surface area contributed by atoms with Gasteiger partial charge < -0.3 is 14.5 Å². The zero-order valence-electron chi connectivity index (χ0n) is 17.9. The molecule has 0 spiro atoms. The van der Waals surface area contributed by atoms with E-state index in [1.54, 1.807) is 18.2 Å². The number of aromatic nitrogens is 1. The molecule has 1 saturated heterocycles. The molecule has 1 atom stereocenters. The summed E-state index contributed by atoms with van der Waals surface area (Å²) in [7, 11) is -3.95. The number of H-pyrrole nitrogens is 1. The summed E-state index contributed by atoms with van der Waals surface area (Å²) in [6.45, 7) is 5.03. The summed E-state index contributed by atoms with van der Waals surface area (Å²) < 4.78 is 39.4. The summed E-state index contributed by atoms with van der Waals surface area (Å²) in [5.74, 6) is 0. The molecular formula is C23H25ClN2O5S. The van der Waals surface area contributed by atoms with Crippen LogP contribution >= 0.6 is 11.6 Å². The van der Waals surface area contributed by atoms with Crippen molar-refractivity contribution in [3.8, 4) is 0 Å². The van der Waals surface area contributed by atoms with Crippen molar-refractivity contribution >= 4 is 32.5 Å². The molecule has 0 aliphatic carbocycles. The second kappa shape index (κ2) is 9.33. The molecule has 0 bridgehead atoms. The Morgan fingerprint density at radius 2 is 1.97 bits per heavy atom. The molecule has 1 N–H and O–H groups in total. The van der Waals surface area contributed by atoms with Crippen LogP contribution in [-0.2, 0) is 26.0 Å². The smallest absolute Gasteiger partial charge is 0.252 e. The van der Waals surface area contributed by atoms with Crippen LogP contribution in [0.15, 0.2) is 52.2 Å². The van der Waals surface area contributed by atoms with Gasteiger partial charge in [0.25, 0.3) is 5.56 Å². The summed E-state index contributed by atoms with van der Waals surface area (Å²) >= 11 is 6.05. The van der Waals surface area contributed by atoms with E-state index in [0.29, 0.717) is 23.8 Å². The number of aromatic amines is 1. The fourth-order valence-electron chi connectivity index (χ4n) is 3.92. The van der Waals surface area contributed by atoms with Crippen LogP contribution in [0.5, 0.6) is 0 Å². The average Bonchev–Trinajstić information content (AvgIpc) is 2.74. The van der Waals surface area contributed by atoms with Crippen LogP contribution in [0.25, 0.3) is 10.9 Å². The number of nitrogens with one attached hydrogen (secondary N) is 1. The first-order valence-electron chi connectivity index (χ1n) is 10.3. The van der Waals surface area contributed by atoms with Gasteiger partial charge >= 0.3 is 0 Å². The molecule has 1 aliphatic heterocycles. The van der Waals surface area contributed by atoms with Crippen molar-refractivity contribution in [2.75, 3.05) is 26.4 Å². The minimum absolute atomic E-state index is 0.0548. The Bertz CT molecular complexity index is 1300. The van der Waals surface area contributed by atoms with Crippen molar-refractivity contribution in [1.82, 2.24) is 9.29 Å². The molecule has 0 saturated carbocycles. The van der Waals surface area contributed by atoms with Gasteiger partial charge in [0, 0.05) is 34.6 Å². The molecule has 1 fully saturated rings. The van der Waals surface area contributed by atoms with Crippen LogP contribution < -0.4 is 5.56 Å². The Balaban J connectivity index is 1.75. The molecule has 32 heavy (non-hydrogen) atoms. The maximum Gasteiger partial charge on any atom is 0.252 e. The highest BCUT2D eigenvalue weighted by Crippen LogP contribution is 2.24. The number of benzene rings is 2. The number of fused-ring (bicyclic) bond motifs is 1. The first-order chi connectivity index (χ1) is 15.2. The maximum atomic E-state index is 13.5. The highest BCUT2D eigenvalue weighted by molar-refractivity contribution is 7.89. The van der Waals surface area contributed by atoms with Crippen molar-refractivity contribution in [2.24, 2.45) is 0 Å². The second-order valence-electron chi connectivity index (χ2n) is 7.99. The lowest BCUT2D eigenvalue weighted by molar-refractivity contribution is -0.0923. The molecule has 4 rings (SSSR count). The van der Waals surface area contributed by atoms with Crippen molar-refractivity contribution in [1.29, 1.82) is 0 Å². The van der Waals surface area contributed by atoms with Crippen LogP contribution in [0, 0.1) is 13.8 Å². The third-order valence-corrected chi connectivity index (χ3v) is 7.51. The lowest BCUT2D eigenvalue weighted by atomic mass is 10.0. The minimum Gasteiger partial charge on any atom is -0.376 e. The number of aryl methyl sites for hydroxylation is 2. The zero-order chi connectivity index (χ0) is 22.9. The fourth-order valence-corrected chi connectivity index (χ4v) is 5.67. The quantitative estimate of drug-likeness (QED) is 0.589. The van der Waals surface area contributed by atoms with E-state index in [0.717, 1.165) is 22.0 Å². The molecule has 9 heteroatoms. The summed E-state index contributed by atoms with van der Waals surface area (Å²) in [4.78, 5) is 15.8. The molecular weight excluding hydrogens is 452 g/mol. The molecule has 1 aromatic heterocycles. The van der Waals surface area contributed by atoms with E-state index in [1.165, 1.54) is 16.4 Å². The van der Waals surface area contributed by atoms with Crippen LogP contribution in [-0.4, -0.2) is 50.2 Å². The van der Waals surface area contributed by atoms with Crippen LogP contribution in [0.3, 0.4) is 0 Å². The lowest BCUT2D eigenvalue weighted by Crippen LogP contribution is -2.43. The molecule has 0 unspecified atom stereocenters. The summed E-state index contributed by atoms with van der Waals surface area (Å²) in [5.41, 5.74) is 2.80. The third kappa shape index (κ3) is 4.89. The number of hydrogen-bond acceptors (Lipinski definition) is 5. The monoisotopic (exact) mass is 476 g/mol. The Morgan fingerprint density at radius 1 is 1.16 bits per heavy atom. The van der Waals surface area contributed by atoms with Crippen molar-refractivity contribution in [3.63, 3.8) is 0 Å². The molecule has 1 aliphatic rings. The number of rotatable bonds is 6. The second-order valence-corrected chi connectivity index (χ2v) is 10.4. The molecule has 2 aromatic carbocycles. The van der Waals surface area contributed by atoms with Gasteiger partial charge in [-0.2, -0.15) is 4.31 Å². The van der Waals surface area contributed by atoms with E-state index in [1.807, 2.05) is 26.0 Å². The predicted molar refractivity (Wildman–Crippen MR) is 124 cm³/mol. The largest absolute Gasteiger partial charge is 0.376 e. The van der Waals surface area contributed by atoms with Gasteiger partial charge in [-0.25, -0.2) is 8.42 Å². The van der Waals surface area contributed by atoms with Crippen molar-refractivity contribution in [2.45, 2.75) is 31.4 Å². The van der Waals surface area contributed by atoms with E-state index in [4.69, 9.17) is 21.1 Å². The third-order valence-electron chi connectivity index (χ3n) is 5.46. The van der Waals surface area contributed by atoms with Gasteiger partial charge in [0.05, 0.1) is 30.8 Å². The van der Waals surface area contributed by atoms with E-state index >= 15 is 0 Å². The van der Waals surface area contributed by atoms with E-state index in [9.17, 15) is 13.2 Å². The summed E-state index contributed by atoms with van der Waals surface area (Å²) in [5, 5.41) is 1.19. The first kappa shape index (κ1) is 22.9. The maximum absolute atomic E-state index is 13.5. The van der Waals surface area contributed by atoms with Crippen molar-refractivity contribution < 1.29 is 17.9 Å². The normalized spacial score (nSPS) is 17.2. The zero-order valence-corrected chi connectivity index (χ0v) is 19.5. The number of hydrogen-bond donors (Lipinski definition) is 1. The van der Waals surface area contributed by atoms with E-state index in [2.05, 4.69) is 4.98 Å². The molecule has 170 valence electrons. The number of ether oxygens (including phenoxy) is 2. The molecule has 0 radical (unpaired) electrons. The van der Waals surface area contributed by atoms with Crippen LogP contribution in [0.2, 0.25) is 5.02 Å². The van der Waals surface area contributed by atoms with Crippen LogP contribution in [0.4, 0.5) is 0 Å². The Labute approximate surface area is 192 Å². The molecule has 2 heterocycles. The number of pyridine rings is 1. The summed E-state index contributed by atoms with van der Waals surface area (Å²) in [6, 6.07) is 11.8. The Morgan fingerprint density at radius 3 is 2.69 bits per heavy atom. The highest BCUT2D eigenvalue weighted by Gasteiger charge is 2.30. The van der Waals surface area contributed by atoms with Crippen LogP contribution in [0.1, 0.15) is 16.7 Å². The summed E-state index contributed by atoms with van der Waals surface area (Å²) in [6.07, 6.45) is -0.429. The van der Waals surface area contributed by atoms with Gasteiger partial charge in [-0.05, 0) is 55.3 Å². The van der Waals surface area contributed by atoms with E-state index < -0.39 is 16.1 Å². The SMILES string of the molecule is Cc1cc(C)c2cc(CN(C[C@@H]3COCCO3)S(=O)(=O)c3cccc(Cl)c3)c(=O)[nH]c2c1. The Hall–Kier alpha value is -2.23. The predicted octanol–water partition coefficient (Wildman–Crippen LogP) is 3.40. The topological polar surface area (TPSA) is 88.7 Å². The number of nitrogens with zero attached hydrogens (tertiary/aromatic N) is 1. The van der Waals surface area contributed by atoms with Gasteiger partial charge in [-0.15, -0.1) is 0 Å². The van der Waals surface area contributed by atoms with Gasteiger partial charge in [0.1, 0.15) is 0 Å². The number of sulfonamides is 1. The van der Waals surface area contributed by atoms with Gasteiger partial charge in [-0.3, -0.25) is 4.79 Å². The van der Waals surface area contributed by atoms with Gasteiger partial charge in [-0.1, -0.05) is 23.7 Å². The van der Waals surface area contributed by atoms with Gasteiger partial charge in [0.15, 0.2) is 0 Å². The Kier molecular flexibility index (Phi) is 6.69. The molecule has 3 aromatic rings. The highest BCUT2D eigenvalue weighted by atomic mass is 35.5. The molecule has 7 nitrogen and oxygen atoms in total. The van der Waals surface area contributed by atoms with Gasteiger partial charge in [0.2, 0.25) is 10.0 Å². The number of halogens is 1. The average molecular weight is 477 g/mol.